The van der Waals surface area contributed by atoms with E-state index in [0.717, 1.165) is 36.4 Å². The summed E-state index contributed by atoms with van der Waals surface area (Å²) < 4.78 is 65.5. The van der Waals surface area contributed by atoms with Crippen molar-refractivity contribution >= 4 is 65.7 Å². The molecule has 0 aliphatic carbocycles. The van der Waals surface area contributed by atoms with E-state index in [4.69, 9.17) is 22.9 Å². The molecule has 4 rings (SSSR count). The molecule has 0 amide bonds. The number of azo groups is 2. The van der Waals surface area contributed by atoms with Crippen LogP contribution in [-0.4, -0.2) is 36.2 Å². The molecule has 0 spiro atoms. The van der Waals surface area contributed by atoms with Crippen LogP contribution in [0, 0.1) is 0 Å². The third kappa shape index (κ3) is 9.64. The monoisotopic (exact) mass is 669 g/mol. The molecule has 0 saturated heterocycles. The van der Waals surface area contributed by atoms with Gasteiger partial charge in [0.25, 0.3) is 0 Å². The molecule has 0 aliphatic rings. The van der Waals surface area contributed by atoms with Gasteiger partial charge in [-0.3, -0.25) is 0 Å². The zero-order valence-corrected chi connectivity index (χ0v) is 24.4. The van der Waals surface area contributed by atoms with Crippen molar-refractivity contribution in [2.24, 2.45) is 20.5 Å². The predicted molar refractivity (Wildman–Crippen MR) is 151 cm³/mol. The number of nitrogen functional groups attached to an aromatic ring is 4. The van der Waals surface area contributed by atoms with Crippen molar-refractivity contribution in [3.05, 3.63) is 72.8 Å². The maximum absolute atomic E-state index is 10.9. The molecule has 19 heteroatoms. The number of hydrogen-bond acceptors (Lipinski definition) is 16. The average Bonchev–Trinajstić information content (AvgIpc) is 2.88. The Bertz CT molecular complexity index is 1780. The summed E-state index contributed by atoms with van der Waals surface area (Å²) in [6.45, 7) is 0. The van der Waals surface area contributed by atoms with Crippen LogP contribution < -0.4 is 22.9 Å². The van der Waals surface area contributed by atoms with Crippen LogP contribution in [0.15, 0.2) is 103 Å². The second-order valence-corrected chi connectivity index (χ2v) is 11.0. The van der Waals surface area contributed by atoms with Gasteiger partial charge in [0, 0.05) is 11.4 Å². The molecule has 0 atom stereocenters. The van der Waals surface area contributed by atoms with Crippen LogP contribution in [0.25, 0.3) is 0 Å². The van der Waals surface area contributed by atoms with Crippen molar-refractivity contribution < 1.29 is 53.2 Å². The fourth-order valence-corrected chi connectivity index (χ4v) is 4.00. The van der Waals surface area contributed by atoms with Crippen LogP contribution in [0.4, 0.5) is 45.5 Å². The van der Waals surface area contributed by atoms with Gasteiger partial charge in [-0.1, -0.05) is 0 Å². The van der Waals surface area contributed by atoms with Gasteiger partial charge in [-0.05, 0) is 72.8 Å². The molecule has 43 heavy (non-hydrogen) atoms. The van der Waals surface area contributed by atoms with E-state index in [1.807, 2.05) is 0 Å². The SMILES string of the molecule is Nc1ccc(N=Nc2cc(S(=O)(=O)[O-])ccc2O)c(N)c1.Nc1ccc(N=Nc2cc(S(=O)(=O)[O-])ccc2O)c(N)c1.[Mn+2]. The van der Waals surface area contributed by atoms with Crippen molar-refractivity contribution in [2.75, 3.05) is 22.9 Å². The molecule has 0 unspecified atom stereocenters. The number of phenolic OH excluding ortho intramolecular Hbond substituents is 2. The van der Waals surface area contributed by atoms with Gasteiger partial charge in [0.1, 0.15) is 54.5 Å². The molecule has 0 heterocycles. The van der Waals surface area contributed by atoms with Crippen LogP contribution >= 0.6 is 0 Å². The minimum atomic E-state index is -4.64. The molecule has 4 aromatic rings. The van der Waals surface area contributed by atoms with Crippen LogP contribution in [0.5, 0.6) is 11.5 Å². The minimum absolute atomic E-state index is 0. The van der Waals surface area contributed by atoms with Gasteiger partial charge >= 0.3 is 17.1 Å². The summed E-state index contributed by atoms with van der Waals surface area (Å²) in [5.41, 5.74) is 24.1. The Labute approximate surface area is 255 Å². The van der Waals surface area contributed by atoms with Crippen LogP contribution in [0.2, 0.25) is 0 Å². The third-order valence-electron chi connectivity index (χ3n) is 5.11. The fourth-order valence-electron chi connectivity index (χ4n) is 3.02. The van der Waals surface area contributed by atoms with Gasteiger partial charge in [-0.25, -0.2) is 16.8 Å². The van der Waals surface area contributed by atoms with Gasteiger partial charge < -0.3 is 42.3 Å². The number of rotatable bonds is 6. The second-order valence-electron chi connectivity index (χ2n) is 8.25. The molecule has 0 saturated carbocycles. The normalized spacial score (nSPS) is 11.6. The van der Waals surface area contributed by atoms with Crippen molar-refractivity contribution in [3.8, 4) is 11.5 Å². The standard InChI is InChI=1S/2C12H12N4O4S.Mn/c2*13-7-1-3-10(9(14)5-7)15-16-11-6-8(21(18,19)20)2-4-12(11)17;/h2*1-6,17H,13-14H2,(H,18,19,20);/q;;+2/p-2. The van der Waals surface area contributed by atoms with Gasteiger partial charge in [0.05, 0.1) is 21.2 Å². The first-order valence-electron chi connectivity index (χ1n) is 11.3. The Morgan fingerprint density at radius 1 is 0.512 bits per heavy atom. The van der Waals surface area contributed by atoms with Gasteiger partial charge in [-0.15, -0.1) is 20.5 Å². The molecule has 16 nitrogen and oxygen atoms in total. The number of benzene rings is 4. The summed E-state index contributed by atoms with van der Waals surface area (Å²) in [4.78, 5) is -1.03. The second kappa shape index (κ2) is 13.9. The molecule has 225 valence electrons. The van der Waals surface area contributed by atoms with E-state index in [2.05, 4.69) is 20.5 Å². The van der Waals surface area contributed by atoms with E-state index in [1.165, 1.54) is 24.3 Å². The summed E-state index contributed by atoms with van der Waals surface area (Å²) in [6.07, 6.45) is 0. The largest absolute Gasteiger partial charge is 2.00 e. The molecular weight excluding hydrogens is 647 g/mol. The number of nitrogens with zero attached hydrogens (tertiary/aromatic N) is 4. The van der Waals surface area contributed by atoms with Crippen molar-refractivity contribution in [3.63, 3.8) is 0 Å². The molecule has 0 bridgehead atoms. The molecule has 1 radical (unpaired) electrons. The van der Waals surface area contributed by atoms with E-state index in [9.17, 15) is 36.2 Å². The van der Waals surface area contributed by atoms with Crippen LogP contribution in [-0.2, 0) is 37.3 Å². The average molecular weight is 670 g/mol. The molecule has 0 aliphatic heterocycles. The summed E-state index contributed by atoms with van der Waals surface area (Å²) in [5.74, 6) is -0.639. The number of hydrogen-bond donors (Lipinski definition) is 6. The van der Waals surface area contributed by atoms with E-state index in [1.54, 1.807) is 12.1 Å². The number of anilines is 4. The third-order valence-corrected chi connectivity index (χ3v) is 6.77. The molecule has 10 N–H and O–H groups in total. The summed E-state index contributed by atoms with van der Waals surface area (Å²) in [5, 5.41) is 34.1. The van der Waals surface area contributed by atoms with E-state index in [-0.39, 0.29) is 51.3 Å². The maximum atomic E-state index is 10.9. The fraction of sp³-hybridized carbons (Fsp3) is 0. The summed E-state index contributed by atoms with van der Waals surface area (Å²) in [6, 6.07) is 15.0. The first-order valence-corrected chi connectivity index (χ1v) is 14.1. The van der Waals surface area contributed by atoms with Crippen molar-refractivity contribution in [2.45, 2.75) is 9.79 Å². The van der Waals surface area contributed by atoms with E-state index < -0.39 is 30.0 Å². The Balaban J connectivity index is 0.000000293. The van der Waals surface area contributed by atoms with Crippen molar-refractivity contribution in [1.29, 1.82) is 0 Å². The quantitative estimate of drug-likeness (QED) is 0.0740. The first kappa shape index (κ1) is 34.4. The topological polar surface area (TPSA) is 308 Å². The minimum Gasteiger partial charge on any atom is -0.744 e. The molecular formula is C24H22MnN8O8S2. The number of aromatic hydroxyl groups is 2. The first-order chi connectivity index (χ1) is 19.5. The maximum Gasteiger partial charge on any atom is 2.00 e. The van der Waals surface area contributed by atoms with E-state index >= 15 is 0 Å². The van der Waals surface area contributed by atoms with Gasteiger partial charge in [-0.2, -0.15) is 0 Å². The summed E-state index contributed by atoms with van der Waals surface area (Å²) in [7, 11) is -9.29. The Morgan fingerprint density at radius 2 is 0.837 bits per heavy atom. The zero-order valence-electron chi connectivity index (χ0n) is 21.6. The predicted octanol–water partition coefficient (Wildman–Crippen LogP) is 3.75. The van der Waals surface area contributed by atoms with Crippen molar-refractivity contribution in [1.82, 2.24) is 0 Å². The van der Waals surface area contributed by atoms with Gasteiger partial charge in [0.15, 0.2) is 0 Å². The molecule has 0 fully saturated rings. The number of phenols is 2. The Kier molecular flexibility index (Phi) is 11.1. The Hall–Kier alpha value is -4.78. The Morgan fingerprint density at radius 3 is 1.14 bits per heavy atom. The smallest absolute Gasteiger partial charge is 0.744 e. The molecule has 0 aromatic heterocycles. The molecule has 4 aromatic carbocycles. The zero-order chi connectivity index (χ0) is 31.2. The van der Waals surface area contributed by atoms with Gasteiger partial charge in [0.2, 0.25) is 0 Å². The van der Waals surface area contributed by atoms with E-state index in [0.29, 0.717) is 22.7 Å². The van der Waals surface area contributed by atoms with Crippen LogP contribution in [0.3, 0.4) is 0 Å². The summed E-state index contributed by atoms with van der Waals surface area (Å²) >= 11 is 0. The van der Waals surface area contributed by atoms with Crippen LogP contribution in [0.1, 0.15) is 0 Å². The number of nitrogens with two attached hydrogens (primary N) is 4.